The van der Waals surface area contributed by atoms with Gasteiger partial charge in [0.15, 0.2) is 5.58 Å². The van der Waals surface area contributed by atoms with Crippen molar-refractivity contribution in [2.75, 3.05) is 4.72 Å². The highest BCUT2D eigenvalue weighted by Gasteiger charge is 2.53. The summed E-state index contributed by atoms with van der Waals surface area (Å²) >= 11 is 0.782. The summed E-state index contributed by atoms with van der Waals surface area (Å²) in [5.74, 6) is 4.38. The smallest absolute Gasteiger partial charge is 0.420 e. The molecule has 14 heteroatoms. The summed E-state index contributed by atoms with van der Waals surface area (Å²) in [6.07, 6.45) is 1.31. The number of hydrogen-bond donors (Lipinski definition) is 2. The number of carbonyl (C=O) groups is 1. The van der Waals surface area contributed by atoms with Crippen LogP contribution in [-0.2, 0) is 10.0 Å². The third kappa shape index (κ3) is 5.30. The van der Waals surface area contributed by atoms with Gasteiger partial charge in [0.1, 0.15) is 22.6 Å². The molecule has 0 unspecified atom stereocenters. The van der Waals surface area contributed by atoms with E-state index in [0.717, 1.165) is 30.0 Å². The molecule has 1 saturated carbocycles. The van der Waals surface area contributed by atoms with Crippen LogP contribution >= 0.6 is 11.5 Å². The Kier molecular flexibility index (Phi) is 6.91. The molecule has 2 aromatic carbocycles. The number of anilines is 1. The topological polar surface area (TPSA) is 148 Å². The summed E-state index contributed by atoms with van der Waals surface area (Å²) < 4.78 is 53.2. The number of rotatable bonds is 6. The minimum atomic E-state index is -4.38. The summed E-state index contributed by atoms with van der Waals surface area (Å²) in [6.45, 7) is 7.16. The van der Waals surface area contributed by atoms with Crippen LogP contribution < -0.4 is 10.5 Å². The largest absolute Gasteiger partial charge is 0.465 e. The number of nitrogens with zero attached hydrogens (tertiary/aromatic N) is 4. The average molecular weight is 600 g/mol. The second-order valence-electron chi connectivity index (χ2n) is 10.7. The normalized spacial score (nSPS) is 15.1. The fraction of sp³-hybridized carbons (Fsp3) is 0.333. The Hall–Kier alpha value is -4.22. The van der Waals surface area contributed by atoms with Crippen LogP contribution in [0.1, 0.15) is 57.7 Å². The fourth-order valence-corrected chi connectivity index (χ4v) is 6.67. The summed E-state index contributed by atoms with van der Waals surface area (Å²) in [5.41, 5.74) is -0.353. The van der Waals surface area contributed by atoms with Gasteiger partial charge in [-0.25, -0.2) is 27.4 Å². The molecule has 11 nitrogen and oxygen atoms in total. The first-order valence-electron chi connectivity index (χ1n) is 12.5. The van der Waals surface area contributed by atoms with Crippen molar-refractivity contribution >= 4 is 43.9 Å². The average Bonchev–Trinajstić information content (AvgIpc) is 3.30. The highest BCUT2D eigenvalue weighted by molar-refractivity contribution is 7.93. The number of hydrogen-bond acceptors (Lipinski definition) is 8. The van der Waals surface area contributed by atoms with E-state index in [1.807, 2.05) is 20.8 Å². The van der Waals surface area contributed by atoms with E-state index in [0.29, 0.717) is 24.0 Å². The molecule has 1 aliphatic carbocycles. The van der Waals surface area contributed by atoms with Gasteiger partial charge in [0, 0.05) is 34.8 Å². The molecule has 41 heavy (non-hydrogen) atoms. The second kappa shape index (κ2) is 10.0. The van der Waals surface area contributed by atoms with Crippen molar-refractivity contribution in [2.24, 2.45) is 0 Å². The van der Waals surface area contributed by atoms with Crippen LogP contribution in [0.5, 0.6) is 0 Å². The Morgan fingerprint density at radius 3 is 2.61 bits per heavy atom. The van der Waals surface area contributed by atoms with Crippen LogP contribution in [-0.4, -0.2) is 49.5 Å². The molecule has 0 aliphatic heterocycles. The van der Waals surface area contributed by atoms with Gasteiger partial charge in [-0.05, 0) is 52.2 Å². The van der Waals surface area contributed by atoms with E-state index in [4.69, 9.17) is 4.42 Å². The highest BCUT2D eigenvalue weighted by Crippen LogP contribution is 2.45. The molecule has 1 fully saturated rings. The molecule has 1 amide bonds. The molecule has 1 aliphatic rings. The Morgan fingerprint density at radius 1 is 1.29 bits per heavy atom. The number of fused-ring (bicyclic) bond motifs is 1. The van der Waals surface area contributed by atoms with Crippen molar-refractivity contribution in [3.8, 4) is 11.8 Å². The van der Waals surface area contributed by atoms with Gasteiger partial charge in [-0.2, -0.15) is 4.37 Å². The molecular weight excluding hydrogens is 573 g/mol. The predicted molar refractivity (Wildman–Crippen MR) is 150 cm³/mol. The fourth-order valence-electron chi connectivity index (χ4n) is 4.93. The van der Waals surface area contributed by atoms with Gasteiger partial charge < -0.3 is 9.52 Å². The lowest BCUT2D eigenvalue weighted by atomic mass is 9.99. The van der Waals surface area contributed by atoms with Gasteiger partial charge >= 0.3 is 11.8 Å². The number of sulfonamides is 1. The molecule has 5 rings (SSSR count). The molecule has 214 valence electrons. The third-order valence-electron chi connectivity index (χ3n) is 6.78. The highest BCUT2D eigenvalue weighted by atomic mass is 32.2. The van der Waals surface area contributed by atoms with Gasteiger partial charge in [-0.1, -0.05) is 30.0 Å². The first-order valence-corrected chi connectivity index (χ1v) is 14.8. The SMILES string of the molecule is C[C@H](c1ccccc1C#CC1(N(C(=O)O)C(C)(C)C)CC1)n1c(=O)oc2cc(S(=O)(=O)Nc3ncns3)c(F)cc21. The Bertz CT molecular complexity index is 1880. The van der Waals surface area contributed by atoms with E-state index in [1.165, 1.54) is 9.47 Å². The van der Waals surface area contributed by atoms with Crippen LogP contribution in [0.15, 0.2) is 56.8 Å². The quantitative estimate of drug-likeness (QED) is 0.304. The molecule has 0 bridgehead atoms. The van der Waals surface area contributed by atoms with Gasteiger partial charge in [0.05, 0.1) is 11.6 Å². The summed E-state index contributed by atoms with van der Waals surface area (Å²) in [7, 11) is -4.38. The van der Waals surface area contributed by atoms with E-state index in [9.17, 15) is 23.1 Å². The van der Waals surface area contributed by atoms with Gasteiger partial charge in [-0.15, -0.1) is 0 Å². The molecule has 2 N–H and O–H groups in total. The molecular formula is C27H26FN5O6S2. The summed E-state index contributed by atoms with van der Waals surface area (Å²) in [6, 6.07) is 8.26. The minimum Gasteiger partial charge on any atom is -0.465 e. The van der Waals surface area contributed by atoms with Crippen molar-refractivity contribution < 1.29 is 27.1 Å². The van der Waals surface area contributed by atoms with Gasteiger partial charge in [0.25, 0.3) is 10.0 Å². The first-order chi connectivity index (χ1) is 19.2. The van der Waals surface area contributed by atoms with E-state index in [-0.39, 0.29) is 16.2 Å². The number of oxazole rings is 1. The lowest BCUT2D eigenvalue weighted by molar-refractivity contribution is 0.0786. The predicted octanol–water partition coefficient (Wildman–Crippen LogP) is 4.66. The Labute approximate surface area is 238 Å². The van der Waals surface area contributed by atoms with E-state index in [2.05, 4.69) is 25.9 Å². The zero-order valence-electron chi connectivity index (χ0n) is 22.5. The molecule has 1 atom stereocenters. The standard InChI is InChI=1S/C27H26FN5O6S2/c1-16(18-8-6-5-7-17(18)9-10-27(11-12-27)33(24(34)35)26(2,3)4)32-20-13-19(28)22(14-21(20)39-25(32)36)41(37,38)31-23-29-15-30-40-23/h5-8,13-16H,11-12H2,1-4H3,(H,34,35)(H,29,30,31)/t16-/m1/s1. The van der Waals surface area contributed by atoms with Crippen molar-refractivity contribution in [3.63, 3.8) is 0 Å². The van der Waals surface area contributed by atoms with Crippen LogP contribution in [0.2, 0.25) is 0 Å². The molecule has 0 spiro atoms. The van der Waals surface area contributed by atoms with Crippen LogP contribution in [0, 0.1) is 17.7 Å². The number of amides is 1. The molecule has 2 heterocycles. The second-order valence-corrected chi connectivity index (χ2v) is 13.1. The molecule has 0 saturated heterocycles. The van der Waals surface area contributed by atoms with Crippen molar-refractivity contribution in [3.05, 3.63) is 70.2 Å². The van der Waals surface area contributed by atoms with Gasteiger partial charge in [0.2, 0.25) is 5.13 Å². The Balaban J connectivity index is 1.53. The Morgan fingerprint density at radius 2 is 2.00 bits per heavy atom. The first kappa shape index (κ1) is 28.3. The van der Waals surface area contributed by atoms with E-state index < -0.39 is 49.7 Å². The summed E-state index contributed by atoms with van der Waals surface area (Å²) in [4.78, 5) is 29.4. The van der Waals surface area contributed by atoms with Crippen molar-refractivity contribution in [1.29, 1.82) is 0 Å². The number of halogens is 1. The van der Waals surface area contributed by atoms with Crippen molar-refractivity contribution in [2.45, 2.75) is 62.6 Å². The number of aromatic nitrogens is 3. The van der Waals surface area contributed by atoms with Crippen LogP contribution in [0.4, 0.5) is 14.3 Å². The van der Waals surface area contributed by atoms with E-state index >= 15 is 4.39 Å². The third-order valence-corrected chi connectivity index (χ3v) is 8.84. The molecule has 0 radical (unpaired) electrons. The summed E-state index contributed by atoms with van der Waals surface area (Å²) in [5, 5.41) is 9.82. The molecule has 2 aromatic heterocycles. The number of nitrogens with one attached hydrogen (secondary N) is 1. The van der Waals surface area contributed by atoms with Crippen LogP contribution in [0.3, 0.4) is 0 Å². The lowest BCUT2D eigenvalue weighted by Gasteiger charge is -2.37. The molecule has 4 aromatic rings. The zero-order valence-corrected chi connectivity index (χ0v) is 24.1. The van der Waals surface area contributed by atoms with E-state index in [1.54, 1.807) is 31.2 Å². The minimum absolute atomic E-state index is 0.0446. The maximum Gasteiger partial charge on any atom is 0.420 e. The number of benzene rings is 2. The van der Waals surface area contributed by atoms with Crippen LogP contribution in [0.25, 0.3) is 11.1 Å². The lowest BCUT2D eigenvalue weighted by Crippen LogP contribution is -2.52. The van der Waals surface area contributed by atoms with Crippen molar-refractivity contribution in [1.82, 2.24) is 18.8 Å². The monoisotopic (exact) mass is 599 g/mol. The van der Waals surface area contributed by atoms with Gasteiger partial charge in [-0.3, -0.25) is 14.2 Å². The maximum absolute atomic E-state index is 15.2. The number of carboxylic acid groups (broad SMARTS) is 1. The zero-order chi connectivity index (χ0) is 29.7. The maximum atomic E-state index is 15.2.